The Bertz CT molecular complexity index is 528. The number of carbonyl (C=O) groups excluding carboxylic acids is 1. The second kappa shape index (κ2) is 6.95. The van der Waals surface area contributed by atoms with Crippen LogP contribution in [0.2, 0.25) is 5.02 Å². The van der Waals surface area contributed by atoms with E-state index in [9.17, 15) is 23.1 Å². The summed E-state index contributed by atoms with van der Waals surface area (Å²) >= 11 is 5.85. The van der Waals surface area contributed by atoms with E-state index in [0.29, 0.717) is 10.6 Å². The molecule has 0 aliphatic heterocycles. The number of carbonyl (C=O) groups is 1. The largest absolute Gasteiger partial charge is 0.464 e. The molecule has 1 aromatic rings. The van der Waals surface area contributed by atoms with E-state index >= 15 is 0 Å². The van der Waals surface area contributed by atoms with Crippen LogP contribution in [-0.2, 0) is 9.53 Å². The second-order valence-corrected chi connectivity index (χ2v) is 4.61. The van der Waals surface area contributed by atoms with Gasteiger partial charge in [-0.2, -0.15) is 13.2 Å². The summed E-state index contributed by atoms with van der Waals surface area (Å²) in [5, 5.41) is 9.96. The highest BCUT2D eigenvalue weighted by Gasteiger charge is 2.59. The van der Waals surface area contributed by atoms with Gasteiger partial charge >= 0.3 is 12.1 Å². The lowest BCUT2D eigenvalue weighted by Gasteiger charge is -2.26. The fraction of sp³-hybridized carbons (Fsp3) is 0.357. The van der Waals surface area contributed by atoms with Gasteiger partial charge in [0.2, 0.25) is 0 Å². The predicted molar refractivity (Wildman–Crippen MR) is 72.7 cm³/mol. The van der Waals surface area contributed by atoms with Crippen molar-refractivity contribution in [2.24, 2.45) is 0 Å². The lowest BCUT2D eigenvalue weighted by molar-refractivity contribution is -0.261. The van der Waals surface area contributed by atoms with Crippen LogP contribution in [0.5, 0.6) is 0 Å². The Hall–Kier alpha value is -1.53. The van der Waals surface area contributed by atoms with Crippen molar-refractivity contribution < 1.29 is 27.8 Å². The third-order valence-corrected chi connectivity index (χ3v) is 3.04. The van der Waals surface area contributed by atoms with Crippen molar-refractivity contribution in [1.29, 1.82) is 0 Å². The van der Waals surface area contributed by atoms with Crippen LogP contribution in [0.3, 0.4) is 0 Å². The Balaban J connectivity index is 2.94. The van der Waals surface area contributed by atoms with E-state index in [2.05, 4.69) is 4.74 Å². The molecule has 21 heavy (non-hydrogen) atoms. The van der Waals surface area contributed by atoms with Crippen molar-refractivity contribution in [3.8, 4) is 0 Å². The van der Waals surface area contributed by atoms with Gasteiger partial charge in [-0.25, -0.2) is 4.79 Å². The van der Waals surface area contributed by atoms with Gasteiger partial charge in [0.1, 0.15) is 0 Å². The molecule has 0 radical (unpaired) electrons. The number of esters is 1. The molecule has 1 unspecified atom stereocenters. The SMILES string of the molecule is CCOC(=O)C(O)(C/C=C/c1ccccc1Cl)C(F)(F)F. The standard InChI is InChI=1S/C14H14ClF3O3/c1-2-21-12(19)13(20,14(16,17)18)9-5-7-10-6-3-4-8-11(10)15/h3-8,20H,2,9H2,1H3/b7-5+. The molecule has 0 saturated heterocycles. The summed E-state index contributed by atoms with van der Waals surface area (Å²) in [6, 6.07) is 6.50. The highest BCUT2D eigenvalue weighted by molar-refractivity contribution is 6.32. The Morgan fingerprint density at radius 3 is 2.52 bits per heavy atom. The summed E-state index contributed by atoms with van der Waals surface area (Å²) in [6.45, 7) is 1.10. The van der Waals surface area contributed by atoms with Crippen LogP contribution in [0.1, 0.15) is 18.9 Å². The monoisotopic (exact) mass is 322 g/mol. The lowest BCUT2D eigenvalue weighted by Crippen LogP contribution is -2.52. The van der Waals surface area contributed by atoms with Crippen LogP contribution in [0.25, 0.3) is 6.08 Å². The van der Waals surface area contributed by atoms with Gasteiger partial charge in [0.25, 0.3) is 5.60 Å². The first-order valence-corrected chi connectivity index (χ1v) is 6.47. The summed E-state index contributed by atoms with van der Waals surface area (Å²) in [6.07, 6.45) is -3.76. The lowest BCUT2D eigenvalue weighted by atomic mass is 9.98. The maximum absolute atomic E-state index is 12.9. The minimum atomic E-state index is -5.13. The van der Waals surface area contributed by atoms with E-state index in [1.807, 2.05) is 0 Å². The molecular formula is C14H14ClF3O3. The molecule has 0 aliphatic carbocycles. The Morgan fingerprint density at radius 2 is 2.00 bits per heavy atom. The third-order valence-electron chi connectivity index (χ3n) is 2.70. The number of rotatable bonds is 5. The van der Waals surface area contributed by atoms with Gasteiger partial charge in [0.15, 0.2) is 0 Å². The van der Waals surface area contributed by atoms with Crippen molar-refractivity contribution in [2.75, 3.05) is 6.61 Å². The van der Waals surface area contributed by atoms with Gasteiger partial charge in [-0.1, -0.05) is 42.0 Å². The number of ether oxygens (including phenoxy) is 1. The normalized spacial score (nSPS) is 15.0. The maximum Gasteiger partial charge on any atom is 0.428 e. The van der Waals surface area contributed by atoms with Crippen molar-refractivity contribution in [3.05, 3.63) is 40.9 Å². The quantitative estimate of drug-likeness (QED) is 0.843. The molecule has 3 nitrogen and oxygen atoms in total. The average molecular weight is 323 g/mol. The van der Waals surface area contributed by atoms with E-state index in [1.165, 1.54) is 13.0 Å². The van der Waals surface area contributed by atoms with E-state index in [-0.39, 0.29) is 6.61 Å². The summed E-state index contributed by atoms with van der Waals surface area (Å²) in [5.41, 5.74) is -3.09. The number of halogens is 4. The topological polar surface area (TPSA) is 46.5 Å². The van der Waals surface area contributed by atoms with Gasteiger partial charge in [0.05, 0.1) is 6.61 Å². The minimum absolute atomic E-state index is 0.258. The molecular weight excluding hydrogens is 309 g/mol. The molecule has 0 fully saturated rings. The Morgan fingerprint density at radius 1 is 1.38 bits per heavy atom. The molecule has 1 atom stereocenters. The zero-order chi connectivity index (χ0) is 16.1. The van der Waals surface area contributed by atoms with Crippen LogP contribution >= 0.6 is 11.6 Å². The predicted octanol–water partition coefficient (Wildman–Crippen LogP) is 3.60. The van der Waals surface area contributed by atoms with Gasteiger partial charge in [-0.05, 0) is 18.6 Å². The van der Waals surface area contributed by atoms with Gasteiger partial charge in [-0.15, -0.1) is 0 Å². The summed E-state index contributed by atoms with van der Waals surface area (Å²) in [7, 11) is 0. The summed E-state index contributed by atoms with van der Waals surface area (Å²) < 4.78 is 42.9. The van der Waals surface area contributed by atoms with Crippen LogP contribution in [-0.4, -0.2) is 29.5 Å². The average Bonchev–Trinajstić information content (AvgIpc) is 2.39. The van der Waals surface area contributed by atoms with Crippen molar-refractivity contribution in [1.82, 2.24) is 0 Å². The molecule has 0 saturated carbocycles. The van der Waals surface area contributed by atoms with Gasteiger partial charge in [0, 0.05) is 11.4 Å². The molecule has 1 rings (SSSR count). The zero-order valence-electron chi connectivity index (χ0n) is 11.2. The molecule has 0 spiro atoms. The minimum Gasteiger partial charge on any atom is -0.464 e. The number of hydrogen-bond acceptors (Lipinski definition) is 3. The smallest absolute Gasteiger partial charge is 0.428 e. The highest BCUT2D eigenvalue weighted by Crippen LogP contribution is 2.35. The molecule has 1 N–H and O–H groups in total. The first kappa shape index (κ1) is 17.5. The van der Waals surface area contributed by atoms with Crippen LogP contribution in [0.4, 0.5) is 13.2 Å². The molecule has 7 heteroatoms. The van der Waals surface area contributed by atoms with Crippen molar-refractivity contribution in [3.63, 3.8) is 0 Å². The van der Waals surface area contributed by atoms with E-state index in [1.54, 1.807) is 24.3 Å². The first-order valence-electron chi connectivity index (χ1n) is 6.09. The molecule has 116 valence electrons. The number of aliphatic hydroxyl groups is 1. The Labute approximate surface area is 125 Å². The van der Waals surface area contributed by atoms with Crippen LogP contribution in [0, 0.1) is 0 Å². The van der Waals surface area contributed by atoms with E-state index in [4.69, 9.17) is 11.6 Å². The van der Waals surface area contributed by atoms with E-state index in [0.717, 1.165) is 6.08 Å². The van der Waals surface area contributed by atoms with E-state index < -0.39 is 24.2 Å². The zero-order valence-corrected chi connectivity index (χ0v) is 11.9. The van der Waals surface area contributed by atoms with Crippen molar-refractivity contribution in [2.45, 2.75) is 25.1 Å². The second-order valence-electron chi connectivity index (χ2n) is 4.21. The van der Waals surface area contributed by atoms with Crippen LogP contribution in [0.15, 0.2) is 30.3 Å². The first-order chi connectivity index (χ1) is 9.72. The molecule has 0 bridgehead atoms. The number of benzene rings is 1. The summed E-state index contributed by atoms with van der Waals surface area (Å²) in [4.78, 5) is 11.4. The van der Waals surface area contributed by atoms with Crippen LogP contribution < -0.4 is 0 Å². The van der Waals surface area contributed by atoms with Crippen molar-refractivity contribution >= 4 is 23.6 Å². The fourth-order valence-electron chi connectivity index (χ4n) is 1.53. The summed E-state index contributed by atoms with van der Waals surface area (Å²) in [5.74, 6) is -1.72. The van der Waals surface area contributed by atoms with Gasteiger partial charge in [-0.3, -0.25) is 0 Å². The maximum atomic E-state index is 12.9. The fourth-order valence-corrected chi connectivity index (χ4v) is 1.73. The van der Waals surface area contributed by atoms with Gasteiger partial charge < -0.3 is 9.84 Å². The molecule has 0 amide bonds. The Kier molecular flexibility index (Phi) is 5.80. The molecule has 0 aliphatic rings. The highest BCUT2D eigenvalue weighted by atomic mass is 35.5. The molecule has 1 aromatic carbocycles. The number of alkyl halides is 3. The number of hydrogen-bond donors (Lipinski definition) is 1. The third kappa shape index (κ3) is 4.22. The molecule has 0 heterocycles. The molecule has 0 aromatic heterocycles.